The van der Waals surface area contributed by atoms with E-state index >= 15 is 0 Å². The van der Waals surface area contributed by atoms with Crippen LogP contribution in [0.1, 0.15) is 15.9 Å². The van der Waals surface area contributed by atoms with Crippen molar-refractivity contribution in [2.45, 2.75) is 10.8 Å². The molecule has 5 nitrogen and oxygen atoms in total. The Morgan fingerprint density at radius 2 is 1.71 bits per heavy atom. The van der Waals surface area contributed by atoms with E-state index < -0.39 is 10.8 Å². The van der Waals surface area contributed by atoms with Gasteiger partial charge in [-0.25, -0.2) is 4.98 Å². The van der Waals surface area contributed by atoms with Crippen molar-refractivity contribution in [2.24, 2.45) is 0 Å². The summed E-state index contributed by atoms with van der Waals surface area (Å²) in [6, 6.07) is 16.1. The number of benzene rings is 1. The summed E-state index contributed by atoms with van der Waals surface area (Å²) in [5.41, 5.74) is 1.86. The van der Waals surface area contributed by atoms with Crippen molar-refractivity contribution in [1.82, 2.24) is 9.97 Å². The molecule has 2 aromatic heterocycles. The van der Waals surface area contributed by atoms with Gasteiger partial charge in [0.15, 0.2) is 0 Å². The Labute approximate surface area is 142 Å². The molecule has 0 saturated carbocycles. The zero-order chi connectivity index (χ0) is 16.8. The number of carbonyl (C=O) groups excluding carboxylic acids is 1. The van der Waals surface area contributed by atoms with E-state index in [-0.39, 0.29) is 10.9 Å². The van der Waals surface area contributed by atoms with E-state index in [0.29, 0.717) is 17.0 Å². The Morgan fingerprint density at radius 1 is 0.958 bits per heavy atom. The molecular weight excluding hydrogens is 322 g/mol. The van der Waals surface area contributed by atoms with E-state index in [1.165, 1.54) is 0 Å². The molecule has 3 aromatic rings. The van der Waals surface area contributed by atoms with Crippen LogP contribution in [-0.4, -0.2) is 20.1 Å². The van der Waals surface area contributed by atoms with Gasteiger partial charge in [0.25, 0.3) is 5.91 Å². The first-order chi connectivity index (χ1) is 11.7. The van der Waals surface area contributed by atoms with E-state index in [4.69, 9.17) is 0 Å². The molecule has 6 heteroatoms. The molecule has 1 amide bonds. The number of pyridine rings is 2. The number of carbonyl (C=O) groups is 1. The van der Waals surface area contributed by atoms with Gasteiger partial charge in [-0.15, -0.1) is 0 Å². The van der Waals surface area contributed by atoms with E-state index in [1.54, 1.807) is 42.9 Å². The smallest absolute Gasteiger partial charge is 0.258 e. The van der Waals surface area contributed by atoms with Gasteiger partial charge in [-0.05, 0) is 29.8 Å². The van der Waals surface area contributed by atoms with Crippen molar-refractivity contribution >= 4 is 22.4 Å². The summed E-state index contributed by atoms with van der Waals surface area (Å²) in [6.45, 7) is 0. The first-order valence-electron chi connectivity index (χ1n) is 7.33. The lowest BCUT2D eigenvalue weighted by Gasteiger charge is -2.09. The molecule has 1 N–H and O–H groups in total. The van der Waals surface area contributed by atoms with Gasteiger partial charge in [-0.2, -0.15) is 0 Å². The van der Waals surface area contributed by atoms with Crippen LogP contribution in [0.3, 0.4) is 0 Å². The predicted molar refractivity (Wildman–Crippen MR) is 93.0 cm³/mol. The van der Waals surface area contributed by atoms with Crippen LogP contribution in [0.25, 0.3) is 0 Å². The van der Waals surface area contributed by atoms with Crippen molar-refractivity contribution in [1.29, 1.82) is 0 Å². The molecule has 1 atom stereocenters. The Hall–Kier alpha value is -2.86. The highest BCUT2D eigenvalue weighted by atomic mass is 32.2. The third kappa shape index (κ3) is 3.91. The molecule has 0 fully saturated rings. The largest absolute Gasteiger partial charge is 0.322 e. The van der Waals surface area contributed by atoms with Gasteiger partial charge in [0.05, 0.1) is 22.1 Å². The molecule has 2 heterocycles. The number of nitrogens with zero attached hydrogens (tertiary/aromatic N) is 2. The van der Waals surface area contributed by atoms with E-state index in [1.807, 2.05) is 30.3 Å². The van der Waals surface area contributed by atoms with E-state index in [9.17, 15) is 9.00 Å². The molecule has 3 rings (SSSR count). The second kappa shape index (κ2) is 7.61. The number of rotatable bonds is 5. The van der Waals surface area contributed by atoms with E-state index in [2.05, 4.69) is 15.3 Å². The fourth-order valence-electron chi connectivity index (χ4n) is 2.17. The number of anilines is 1. The maximum absolute atomic E-state index is 12.7. The Bertz CT molecular complexity index is 782. The topological polar surface area (TPSA) is 72.0 Å². The molecule has 1 unspecified atom stereocenters. The van der Waals surface area contributed by atoms with Crippen molar-refractivity contribution in [3.8, 4) is 0 Å². The zero-order valence-corrected chi connectivity index (χ0v) is 13.6. The maximum Gasteiger partial charge on any atom is 0.258 e. The standard InChI is InChI=1S/C18H15N3O2S/c22-17(21-15-8-11-19-12-9-15)16-7-4-10-20-18(16)24(23)13-14-5-2-1-3-6-14/h1-12H,13H2,(H,19,21,22). The van der Waals surface area contributed by atoms with Gasteiger partial charge in [-0.3, -0.25) is 14.0 Å². The minimum Gasteiger partial charge on any atom is -0.322 e. The molecule has 0 saturated heterocycles. The van der Waals surface area contributed by atoms with E-state index in [0.717, 1.165) is 5.56 Å². The maximum atomic E-state index is 12.7. The van der Waals surface area contributed by atoms with Gasteiger partial charge < -0.3 is 5.32 Å². The molecular formula is C18H15N3O2S. The lowest BCUT2D eigenvalue weighted by Crippen LogP contribution is -2.16. The highest BCUT2D eigenvalue weighted by molar-refractivity contribution is 7.84. The van der Waals surface area contributed by atoms with Crippen LogP contribution in [0, 0.1) is 0 Å². The van der Waals surface area contributed by atoms with Gasteiger partial charge >= 0.3 is 0 Å². The second-order valence-electron chi connectivity index (χ2n) is 5.02. The third-order valence-electron chi connectivity index (χ3n) is 3.31. The number of hydrogen-bond acceptors (Lipinski definition) is 4. The summed E-state index contributed by atoms with van der Waals surface area (Å²) >= 11 is 0. The molecule has 1 aromatic carbocycles. The fraction of sp³-hybridized carbons (Fsp3) is 0.0556. The van der Waals surface area contributed by atoms with Crippen molar-refractivity contribution in [3.05, 3.63) is 84.3 Å². The van der Waals surface area contributed by atoms with Crippen LogP contribution in [0.2, 0.25) is 0 Å². The summed E-state index contributed by atoms with van der Waals surface area (Å²) in [5.74, 6) is -0.0290. The van der Waals surface area contributed by atoms with Gasteiger partial charge in [0.2, 0.25) is 0 Å². The van der Waals surface area contributed by atoms with Crippen molar-refractivity contribution in [2.75, 3.05) is 5.32 Å². The zero-order valence-electron chi connectivity index (χ0n) is 12.8. The molecule has 0 aliphatic heterocycles. The Kier molecular flexibility index (Phi) is 5.08. The molecule has 0 aliphatic rings. The fourth-order valence-corrected chi connectivity index (χ4v) is 3.39. The van der Waals surface area contributed by atoms with Crippen LogP contribution >= 0.6 is 0 Å². The lowest BCUT2D eigenvalue weighted by molar-refractivity contribution is 0.102. The minimum atomic E-state index is -1.41. The summed E-state index contributed by atoms with van der Waals surface area (Å²) < 4.78 is 12.7. The first-order valence-corrected chi connectivity index (χ1v) is 8.64. The van der Waals surface area contributed by atoms with Gasteiger partial charge in [0, 0.05) is 24.3 Å². The molecule has 0 aliphatic carbocycles. The number of amides is 1. The van der Waals surface area contributed by atoms with Gasteiger partial charge in [0.1, 0.15) is 5.03 Å². The third-order valence-corrected chi connectivity index (χ3v) is 4.66. The van der Waals surface area contributed by atoms with Crippen LogP contribution in [0.4, 0.5) is 5.69 Å². The molecule has 120 valence electrons. The van der Waals surface area contributed by atoms with Crippen LogP contribution in [0.5, 0.6) is 0 Å². The molecule has 0 bridgehead atoms. The summed E-state index contributed by atoms with van der Waals surface area (Å²) in [7, 11) is -1.41. The molecule has 0 spiro atoms. The second-order valence-corrected chi connectivity index (χ2v) is 6.39. The van der Waals surface area contributed by atoms with Crippen molar-refractivity contribution in [3.63, 3.8) is 0 Å². The minimum absolute atomic E-state index is 0.285. The van der Waals surface area contributed by atoms with Crippen LogP contribution < -0.4 is 5.32 Å². The van der Waals surface area contributed by atoms with Crippen LogP contribution in [-0.2, 0) is 16.6 Å². The lowest BCUT2D eigenvalue weighted by atomic mass is 10.2. The molecule has 0 radical (unpaired) electrons. The number of nitrogens with one attached hydrogen (secondary N) is 1. The predicted octanol–water partition coefficient (Wildman–Crippen LogP) is 3.04. The summed E-state index contributed by atoms with van der Waals surface area (Å²) in [6.07, 6.45) is 4.72. The Morgan fingerprint density at radius 3 is 2.46 bits per heavy atom. The number of hydrogen-bond donors (Lipinski definition) is 1. The SMILES string of the molecule is O=C(Nc1ccncc1)c1cccnc1S(=O)Cc1ccccc1. The Balaban J connectivity index is 1.82. The summed E-state index contributed by atoms with van der Waals surface area (Å²) in [5, 5.41) is 3.05. The quantitative estimate of drug-likeness (QED) is 0.777. The average molecular weight is 337 g/mol. The highest BCUT2D eigenvalue weighted by Gasteiger charge is 2.17. The summed E-state index contributed by atoms with van der Waals surface area (Å²) in [4.78, 5) is 20.6. The number of aromatic nitrogens is 2. The molecule has 24 heavy (non-hydrogen) atoms. The highest BCUT2D eigenvalue weighted by Crippen LogP contribution is 2.16. The van der Waals surface area contributed by atoms with Gasteiger partial charge in [-0.1, -0.05) is 30.3 Å². The average Bonchev–Trinajstić information content (AvgIpc) is 2.63. The normalized spacial score (nSPS) is 11.7. The first kappa shape index (κ1) is 16.0. The van der Waals surface area contributed by atoms with Crippen LogP contribution in [0.15, 0.2) is 78.2 Å². The monoisotopic (exact) mass is 337 g/mol. The van der Waals surface area contributed by atoms with Crippen molar-refractivity contribution < 1.29 is 9.00 Å².